The van der Waals surface area contributed by atoms with Crippen molar-refractivity contribution in [3.8, 4) is 0 Å². The van der Waals surface area contributed by atoms with E-state index in [1.807, 2.05) is 18.8 Å². The average Bonchev–Trinajstić information content (AvgIpc) is 2.63. The third kappa shape index (κ3) is 7.64. The lowest BCUT2D eigenvalue weighted by atomic mass is 9.88. The van der Waals surface area contributed by atoms with Crippen molar-refractivity contribution in [2.24, 2.45) is 10.9 Å². The summed E-state index contributed by atoms with van der Waals surface area (Å²) in [5, 5.41) is 7.10. The van der Waals surface area contributed by atoms with Crippen LogP contribution in [-0.4, -0.2) is 62.1 Å². The molecular weight excluding hydrogens is 316 g/mol. The molecule has 0 aromatic carbocycles. The van der Waals surface area contributed by atoms with Crippen LogP contribution in [0.1, 0.15) is 57.8 Å². The van der Waals surface area contributed by atoms with Gasteiger partial charge in [-0.05, 0) is 56.5 Å². The van der Waals surface area contributed by atoms with Crippen molar-refractivity contribution in [2.75, 3.05) is 45.2 Å². The molecule has 2 rings (SSSR count). The van der Waals surface area contributed by atoms with Gasteiger partial charge in [-0.3, -0.25) is 4.99 Å². The van der Waals surface area contributed by atoms with E-state index < -0.39 is 0 Å². The molecule has 0 bridgehead atoms. The van der Waals surface area contributed by atoms with E-state index in [9.17, 15) is 0 Å². The molecule has 0 atom stereocenters. The minimum atomic E-state index is 0.588. The van der Waals surface area contributed by atoms with Crippen LogP contribution in [0.5, 0.6) is 0 Å². The number of nitrogens with zero attached hydrogens (tertiary/aromatic N) is 2. The lowest BCUT2D eigenvalue weighted by molar-refractivity contribution is 0.160. The summed E-state index contributed by atoms with van der Waals surface area (Å²) >= 11 is 1.93. The van der Waals surface area contributed by atoms with E-state index in [0.717, 1.165) is 18.4 Å². The van der Waals surface area contributed by atoms with Crippen LogP contribution in [0.2, 0.25) is 0 Å². The van der Waals surface area contributed by atoms with Crippen LogP contribution in [0.4, 0.5) is 0 Å². The molecule has 4 nitrogen and oxygen atoms in total. The van der Waals surface area contributed by atoms with Crippen LogP contribution in [-0.2, 0) is 0 Å². The van der Waals surface area contributed by atoms with Gasteiger partial charge in [0.15, 0.2) is 5.96 Å². The Morgan fingerprint density at radius 2 is 1.83 bits per heavy atom. The van der Waals surface area contributed by atoms with Gasteiger partial charge >= 0.3 is 0 Å². The van der Waals surface area contributed by atoms with Crippen molar-refractivity contribution >= 4 is 17.7 Å². The van der Waals surface area contributed by atoms with Crippen LogP contribution in [0.25, 0.3) is 0 Å². The number of rotatable bonds is 8. The molecule has 5 heteroatoms. The second-order valence-electron chi connectivity index (χ2n) is 7.42. The van der Waals surface area contributed by atoms with E-state index in [4.69, 9.17) is 0 Å². The third-order valence-electron chi connectivity index (χ3n) is 5.46. The Labute approximate surface area is 153 Å². The molecule has 1 aliphatic carbocycles. The predicted octanol–water partition coefficient (Wildman–Crippen LogP) is 3.34. The summed E-state index contributed by atoms with van der Waals surface area (Å²) in [4.78, 5) is 7.09. The summed E-state index contributed by atoms with van der Waals surface area (Å²) in [5.41, 5.74) is 0. The Balaban J connectivity index is 1.58. The van der Waals surface area contributed by atoms with Gasteiger partial charge in [-0.2, -0.15) is 11.8 Å². The summed E-state index contributed by atoms with van der Waals surface area (Å²) in [7, 11) is 1.88. The van der Waals surface area contributed by atoms with E-state index in [1.165, 1.54) is 83.2 Å². The second kappa shape index (κ2) is 12.0. The number of likely N-dealkylation sites (tertiary alicyclic amines) is 1. The van der Waals surface area contributed by atoms with Crippen LogP contribution in [0, 0.1) is 5.92 Å². The van der Waals surface area contributed by atoms with Gasteiger partial charge in [0.1, 0.15) is 0 Å². The molecule has 2 N–H and O–H groups in total. The molecule has 1 saturated heterocycles. The van der Waals surface area contributed by atoms with Gasteiger partial charge in [0, 0.05) is 39.3 Å². The van der Waals surface area contributed by atoms with Crippen molar-refractivity contribution in [1.82, 2.24) is 15.5 Å². The quantitative estimate of drug-likeness (QED) is 0.398. The summed E-state index contributed by atoms with van der Waals surface area (Å²) in [6.07, 6.45) is 14.5. The summed E-state index contributed by atoms with van der Waals surface area (Å²) in [6.45, 7) is 4.87. The van der Waals surface area contributed by atoms with E-state index in [0.29, 0.717) is 6.04 Å². The van der Waals surface area contributed by atoms with Gasteiger partial charge in [-0.25, -0.2) is 0 Å². The number of hydrogen-bond donors (Lipinski definition) is 2. The van der Waals surface area contributed by atoms with Crippen molar-refractivity contribution in [2.45, 2.75) is 63.8 Å². The molecule has 1 aliphatic heterocycles. The number of piperidine rings is 1. The zero-order valence-electron chi connectivity index (χ0n) is 15.9. The molecule has 24 heavy (non-hydrogen) atoms. The fourth-order valence-electron chi connectivity index (χ4n) is 3.96. The molecule has 0 spiro atoms. The monoisotopic (exact) mass is 354 g/mol. The van der Waals surface area contributed by atoms with E-state index in [2.05, 4.69) is 26.8 Å². The summed E-state index contributed by atoms with van der Waals surface area (Å²) < 4.78 is 0. The molecule has 0 radical (unpaired) electrons. The molecule has 140 valence electrons. The normalized spacial score (nSPS) is 21.8. The van der Waals surface area contributed by atoms with Crippen LogP contribution < -0.4 is 10.6 Å². The summed E-state index contributed by atoms with van der Waals surface area (Å²) in [6, 6.07) is 0.588. The first-order chi connectivity index (χ1) is 11.8. The molecule has 2 fully saturated rings. The Morgan fingerprint density at radius 3 is 2.50 bits per heavy atom. The largest absolute Gasteiger partial charge is 0.356 e. The lowest BCUT2D eigenvalue weighted by Gasteiger charge is -2.36. The molecule has 1 heterocycles. The average molecular weight is 355 g/mol. The number of aliphatic imine (C=N–C) groups is 1. The first-order valence-corrected chi connectivity index (χ1v) is 11.4. The Bertz CT molecular complexity index is 347. The van der Waals surface area contributed by atoms with Gasteiger partial charge in [-0.15, -0.1) is 0 Å². The number of thioether (sulfide) groups is 1. The highest BCUT2D eigenvalue weighted by atomic mass is 32.2. The zero-order valence-corrected chi connectivity index (χ0v) is 16.7. The highest BCUT2D eigenvalue weighted by molar-refractivity contribution is 7.98. The van der Waals surface area contributed by atoms with Gasteiger partial charge in [-0.1, -0.05) is 19.3 Å². The maximum atomic E-state index is 4.39. The minimum Gasteiger partial charge on any atom is -0.356 e. The highest BCUT2D eigenvalue weighted by Gasteiger charge is 2.23. The zero-order chi connectivity index (χ0) is 17.0. The highest BCUT2D eigenvalue weighted by Crippen LogP contribution is 2.25. The molecule has 2 aliphatic rings. The summed E-state index contributed by atoms with van der Waals surface area (Å²) in [5.74, 6) is 3.22. The third-order valence-corrected chi connectivity index (χ3v) is 6.16. The molecule has 0 unspecified atom stereocenters. The maximum Gasteiger partial charge on any atom is 0.191 e. The molecule has 0 amide bonds. The number of unbranched alkanes of at least 4 members (excludes halogenated alkanes) is 1. The van der Waals surface area contributed by atoms with Gasteiger partial charge < -0.3 is 15.5 Å². The van der Waals surface area contributed by atoms with Crippen molar-refractivity contribution in [3.63, 3.8) is 0 Å². The molecule has 0 aromatic rings. The molecular formula is C19H38N4S. The van der Waals surface area contributed by atoms with Crippen molar-refractivity contribution in [1.29, 1.82) is 0 Å². The first kappa shape index (κ1) is 19.9. The fraction of sp³-hybridized carbons (Fsp3) is 0.947. The Hall–Kier alpha value is -0.420. The minimum absolute atomic E-state index is 0.588. The smallest absolute Gasteiger partial charge is 0.191 e. The van der Waals surface area contributed by atoms with Crippen LogP contribution in [0.3, 0.4) is 0 Å². The Morgan fingerprint density at radius 1 is 1.08 bits per heavy atom. The van der Waals surface area contributed by atoms with E-state index >= 15 is 0 Å². The van der Waals surface area contributed by atoms with Crippen molar-refractivity contribution < 1.29 is 0 Å². The van der Waals surface area contributed by atoms with Crippen molar-refractivity contribution in [3.05, 3.63) is 0 Å². The number of guanidine groups is 1. The predicted molar refractivity (Wildman–Crippen MR) is 108 cm³/mol. The van der Waals surface area contributed by atoms with Crippen LogP contribution >= 0.6 is 11.8 Å². The molecule has 1 saturated carbocycles. The molecule has 0 aromatic heterocycles. The van der Waals surface area contributed by atoms with E-state index in [1.54, 1.807) is 0 Å². The maximum absolute atomic E-state index is 4.39. The standard InChI is InChI=1S/C19H38N4S/c1-20-19(21-12-6-7-15-24-2)22-18-10-13-23(14-11-18)16-17-8-4-3-5-9-17/h17-18H,3-16H2,1-2H3,(H2,20,21,22). The lowest BCUT2D eigenvalue weighted by Crippen LogP contribution is -2.49. The topological polar surface area (TPSA) is 39.7 Å². The number of nitrogens with one attached hydrogen (secondary N) is 2. The van der Waals surface area contributed by atoms with E-state index in [-0.39, 0.29) is 0 Å². The first-order valence-electron chi connectivity index (χ1n) is 10.00. The van der Waals surface area contributed by atoms with Gasteiger partial charge in [0.05, 0.1) is 0 Å². The second-order valence-corrected chi connectivity index (χ2v) is 8.41. The van der Waals surface area contributed by atoms with Crippen LogP contribution in [0.15, 0.2) is 4.99 Å². The SMILES string of the molecule is CN=C(NCCCCSC)NC1CCN(CC2CCCCC2)CC1. The van der Waals surface area contributed by atoms with Gasteiger partial charge in [0.2, 0.25) is 0 Å². The Kier molecular flexibility index (Phi) is 9.96. The van der Waals surface area contributed by atoms with Gasteiger partial charge in [0.25, 0.3) is 0 Å². The fourth-order valence-corrected chi connectivity index (χ4v) is 4.45. The number of hydrogen-bond acceptors (Lipinski definition) is 3.